The summed E-state index contributed by atoms with van der Waals surface area (Å²) in [5.74, 6) is -0.0655. The van der Waals surface area contributed by atoms with Gasteiger partial charge in [-0.25, -0.2) is 4.98 Å². The van der Waals surface area contributed by atoms with E-state index in [-0.39, 0.29) is 5.91 Å². The number of nitrogens with zero attached hydrogens (tertiary/aromatic N) is 3. The van der Waals surface area contributed by atoms with Crippen LogP contribution in [0.15, 0.2) is 24.3 Å². The van der Waals surface area contributed by atoms with E-state index in [0.29, 0.717) is 40.3 Å². The Morgan fingerprint density at radius 3 is 2.48 bits per heavy atom. The van der Waals surface area contributed by atoms with E-state index in [1.807, 2.05) is 4.90 Å². The summed E-state index contributed by atoms with van der Waals surface area (Å²) in [6, 6.07) is 5.76. The van der Waals surface area contributed by atoms with E-state index in [1.165, 1.54) is 43.1 Å². The SMILES string of the molecule is Cc1nc(-c2cccc(C(F)(F)F)c2)sc1C(=O)N1CCN(C2CCCC2)CC1. The normalized spacial score (nSPS) is 19.1. The highest BCUT2D eigenvalue weighted by atomic mass is 32.1. The maximum absolute atomic E-state index is 13.0. The summed E-state index contributed by atoms with van der Waals surface area (Å²) in [5, 5.41) is 0.446. The number of hydrogen-bond acceptors (Lipinski definition) is 4. The molecule has 0 unspecified atom stereocenters. The maximum Gasteiger partial charge on any atom is 0.416 e. The third kappa shape index (κ3) is 4.33. The standard InChI is InChI=1S/C21H24F3N3OS/c1-14-18(20(28)27-11-9-26(10-12-27)17-7-2-3-8-17)29-19(25-14)15-5-4-6-16(13-15)21(22,23)24/h4-6,13,17H,2-3,7-12H2,1H3. The fourth-order valence-corrected chi connectivity index (χ4v) is 5.28. The largest absolute Gasteiger partial charge is 0.416 e. The Bertz CT molecular complexity index is 882. The molecule has 4 nitrogen and oxygen atoms in total. The van der Waals surface area contributed by atoms with Crippen LogP contribution < -0.4 is 0 Å². The smallest absolute Gasteiger partial charge is 0.335 e. The molecule has 8 heteroatoms. The number of thiazole rings is 1. The van der Waals surface area contributed by atoms with Gasteiger partial charge < -0.3 is 4.90 Å². The minimum absolute atomic E-state index is 0.0655. The van der Waals surface area contributed by atoms with E-state index >= 15 is 0 Å². The number of piperazine rings is 1. The molecule has 2 aliphatic rings. The zero-order valence-corrected chi connectivity index (χ0v) is 17.2. The van der Waals surface area contributed by atoms with Crippen LogP contribution in [0.25, 0.3) is 10.6 Å². The van der Waals surface area contributed by atoms with Gasteiger partial charge in [0, 0.05) is 37.8 Å². The molecule has 0 atom stereocenters. The highest BCUT2D eigenvalue weighted by Crippen LogP contribution is 2.34. The lowest BCUT2D eigenvalue weighted by Crippen LogP contribution is -2.51. The summed E-state index contributed by atoms with van der Waals surface area (Å²) < 4.78 is 39.0. The lowest BCUT2D eigenvalue weighted by molar-refractivity contribution is -0.137. The molecule has 1 amide bonds. The number of aromatic nitrogens is 1. The molecule has 1 saturated carbocycles. The second-order valence-corrected chi connectivity index (χ2v) is 8.78. The van der Waals surface area contributed by atoms with Gasteiger partial charge in [-0.2, -0.15) is 13.2 Å². The zero-order chi connectivity index (χ0) is 20.6. The molecule has 1 aliphatic heterocycles. The Labute approximate surface area is 172 Å². The lowest BCUT2D eigenvalue weighted by atomic mass is 10.1. The molecule has 0 bridgehead atoms. The van der Waals surface area contributed by atoms with E-state index in [0.717, 1.165) is 25.2 Å². The second-order valence-electron chi connectivity index (χ2n) is 7.78. The topological polar surface area (TPSA) is 36.4 Å². The lowest BCUT2D eigenvalue weighted by Gasteiger charge is -2.37. The number of carbonyl (C=O) groups is 1. The zero-order valence-electron chi connectivity index (χ0n) is 16.3. The number of amides is 1. The fraction of sp³-hybridized carbons (Fsp3) is 0.524. The minimum atomic E-state index is -4.40. The Hall–Kier alpha value is -1.93. The van der Waals surface area contributed by atoms with Crippen molar-refractivity contribution in [3.63, 3.8) is 0 Å². The Morgan fingerprint density at radius 1 is 1.14 bits per heavy atom. The summed E-state index contributed by atoms with van der Waals surface area (Å²) in [5.41, 5.74) is 0.252. The van der Waals surface area contributed by atoms with Crippen molar-refractivity contribution in [3.05, 3.63) is 40.4 Å². The van der Waals surface area contributed by atoms with Crippen molar-refractivity contribution in [2.45, 2.75) is 44.8 Å². The molecule has 2 heterocycles. The van der Waals surface area contributed by atoms with Crippen molar-refractivity contribution in [3.8, 4) is 10.6 Å². The summed E-state index contributed by atoms with van der Waals surface area (Å²) in [6.07, 6.45) is 0.689. The Kier molecular flexibility index (Phi) is 5.66. The first kappa shape index (κ1) is 20.3. The Morgan fingerprint density at radius 2 is 1.83 bits per heavy atom. The van der Waals surface area contributed by atoms with Crippen LogP contribution in [0, 0.1) is 6.92 Å². The van der Waals surface area contributed by atoms with E-state index in [4.69, 9.17) is 0 Å². The second kappa shape index (κ2) is 8.07. The molecule has 0 spiro atoms. The third-order valence-electron chi connectivity index (χ3n) is 5.87. The molecule has 1 aromatic carbocycles. The van der Waals surface area contributed by atoms with Crippen LogP contribution in [-0.2, 0) is 6.18 Å². The quantitative estimate of drug-likeness (QED) is 0.709. The van der Waals surface area contributed by atoms with Crippen LogP contribution in [0.3, 0.4) is 0 Å². The van der Waals surface area contributed by atoms with Crippen molar-refractivity contribution in [1.82, 2.24) is 14.8 Å². The Balaban J connectivity index is 1.47. The van der Waals surface area contributed by atoms with Crippen molar-refractivity contribution in [2.75, 3.05) is 26.2 Å². The molecule has 4 rings (SSSR count). The van der Waals surface area contributed by atoms with Crippen molar-refractivity contribution in [1.29, 1.82) is 0 Å². The van der Waals surface area contributed by atoms with Crippen LogP contribution in [0.1, 0.15) is 46.6 Å². The molecular weight excluding hydrogens is 399 g/mol. The summed E-state index contributed by atoms with van der Waals surface area (Å²) in [6.45, 7) is 4.89. The van der Waals surface area contributed by atoms with Gasteiger partial charge in [0.1, 0.15) is 9.88 Å². The summed E-state index contributed by atoms with van der Waals surface area (Å²) in [4.78, 5) is 22.3. The number of alkyl halides is 3. The first-order valence-corrected chi connectivity index (χ1v) is 10.8. The predicted molar refractivity (Wildman–Crippen MR) is 107 cm³/mol. The molecule has 2 fully saturated rings. The van der Waals surface area contributed by atoms with Gasteiger partial charge in [-0.3, -0.25) is 9.69 Å². The molecule has 1 saturated heterocycles. The number of halogens is 3. The van der Waals surface area contributed by atoms with Crippen LogP contribution >= 0.6 is 11.3 Å². The number of rotatable bonds is 3. The number of hydrogen-bond donors (Lipinski definition) is 0. The number of carbonyl (C=O) groups excluding carboxylic acids is 1. The molecular formula is C21H24F3N3OS. The minimum Gasteiger partial charge on any atom is -0.335 e. The molecule has 156 valence electrons. The average Bonchev–Trinajstić information content (AvgIpc) is 3.37. The molecule has 29 heavy (non-hydrogen) atoms. The van der Waals surface area contributed by atoms with Gasteiger partial charge in [-0.1, -0.05) is 25.0 Å². The van der Waals surface area contributed by atoms with Crippen molar-refractivity contribution in [2.24, 2.45) is 0 Å². The van der Waals surface area contributed by atoms with Gasteiger partial charge in [0.25, 0.3) is 5.91 Å². The highest BCUT2D eigenvalue weighted by Gasteiger charge is 2.32. The van der Waals surface area contributed by atoms with E-state index in [9.17, 15) is 18.0 Å². The first-order chi connectivity index (χ1) is 13.8. The fourth-order valence-electron chi connectivity index (χ4n) is 4.25. The van der Waals surface area contributed by atoms with E-state index in [2.05, 4.69) is 9.88 Å². The number of benzene rings is 1. The van der Waals surface area contributed by atoms with Crippen LogP contribution in [0.2, 0.25) is 0 Å². The van der Waals surface area contributed by atoms with Crippen LogP contribution in [0.4, 0.5) is 13.2 Å². The van der Waals surface area contributed by atoms with Gasteiger partial charge >= 0.3 is 6.18 Å². The van der Waals surface area contributed by atoms with Gasteiger partial charge in [0.15, 0.2) is 0 Å². The molecule has 0 radical (unpaired) electrons. The van der Waals surface area contributed by atoms with Crippen LogP contribution in [0.5, 0.6) is 0 Å². The van der Waals surface area contributed by atoms with E-state index in [1.54, 1.807) is 13.0 Å². The third-order valence-corrected chi connectivity index (χ3v) is 7.06. The molecule has 0 N–H and O–H groups in total. The van der Waals surface area contributed by atoms with Crippen LogP contribution in [-0.4, -0.2) is 52.9 Å². The van der Waals surface area contributed by atoms with Crippen molar-refractivity contribution < 1.29 is 18.0 Å². The van der Waals surface area contributed by atoms with Gasteiger partial charge in [0.2, 0.25) is 0 Å². The highest BCUT2D eigenvalue weighted by molar-refractivity contribution is 7.17. The van der Waals surface area contributed by atoms with Gasteiger partial charge in [-0.05, 0) is 31.9 Å². The van der Waals surface area contributed by atoms with Gasteiger partial charge in [0.05, 0.1) is 11.3 Å². The van der Waals surface area contributed by atoms with E-state index < -0.39 is 11.7 Å². The first-order valence-electron chi connectivity index (χ1n) is 10.0. The molecule has 1 aliphatic carbocycles. The molecule has 1 aromatic heterocycles. The predicted octanol–water partition coefficient (Wildman–Crippen LogP) is 4.84. The summed E-state index contributed by atoms with van der Waals surface area (Å²) >= 11 is 1.18. The average molecular weight is 424 g/mol. The molecule has 2 aromatic rings. The summed E-state index contributed by atoms with van der Waals surface area (Å²) in [7, 11) is 0. The van der Waals surface area contributed by atoms with Crippen molar-refractivity contribution >= 4 is 17.2 Å². The monoisotopic (exact) mass is 423 g/mol. The van der Waals surface area contributed by atoms with Gasteiger partial charge in [-0.15, -0.1) is 11.3 Å². The number of aryl methyl sites for hydroxylation is 1. The maximum atomic E-state index is 13.0.